The van der Waals surface area contributed by atoms with E-state index in [-0.39, 0.29) is 30.4 Å². The molecule has 1 aliphatic rings. The van der Waals surface area contributed by atoms with Crippen molar-refractivity contribution in [2.24, 2.45) is 0 Å². The average molecular weight is 579 g/mol. The molecule has 0 atom stereocenters. The third-order valence-electron chi connectivity index (χ3n) is 6.48. The van der Waals surface area contributed by atoms with Gasteiger partial charge in [-0.15, -0.1) is 0 Å². The Morgan fingerprint density at radius 2 is 1.67 bits per heavy atom. The Morgan fingerprint density at radius 1 is 0.929 bits per heavy atom. The van der Waals surface area contributed by atoms with E-state index < -0.39 is 23.4 Å². The van der Waals surface area contributed by atoms with Crippen molar-refractivity contribution in [1.82, 2.24) is 9.78 Å². The largest absolute Gasteiger partial charge is 0.493 e. The smallest absolute Gasteiger partial charge is 0.435 e. The maximum Gasteiger partial charge on any atom is 0.435 e. The molecule has 5 rings (SSSR count). The monoisotopic (exact) mass is 578 g/mol. The number of ketones is 1. The summed E-state index contributed by atoms with van der Waals surface area (Å²) in [5.74, 6) is -0.0715. The van der Waals surface area contributed by atoms with Gasteiger partial charge in [-0.05, 0) is 67.8 Å². The third kappa shape index (κ3) is 6.82. The van der Waals surface area contributed by atoms with Gasteiger partial charge in [0.2, 0.25) is 5.88 Å². The van der Waals surface area contributed by atoms with Crippen molar-refractivity contribution in [3.05, 3.63) is 106 Å². The lowest BCUT2D eigenvalue weighted by molar-refractivity contribution is -0.141. The molecule has 1 aliphatic heterocycles. The summed E-state index contributed by atoms with van der Waals surface area (Å²) in [5.41, 5.74) is 1.62. The van der Waals surface area contributed by atoms with Gasteiger partial charge in [-0.2, -0.15) is 18.3 Å². The van der Waals surface area contributed by atoms with Gasteiger partial charge in [-0.25, -0.2) is 9.48 Å². The number of fused-ring (bicyclic) bond motifs is 1. The summed E-state index contributed by atoms with van der Waals surface area (Å²) >= 11 is 0. The number of carbonyl (C=O) groups is 2. The highest BCUT2D eigenvalue weighted by Crippen LogP contribution is 2.33. The van der Waals surface area contributed by atoms with Gasteiger partial charge >= 0.3 is 12.1 Å². The molecule has 42 heavy (non-hydrogen) atoms. The molecule has 10 heteroatoms. The summed E-state index contributed by atoms with van der Waals surface area (Å²) in [6.45, 7) is 5.82. The Balaban J connectivity index is 1.34. The second-order valence-electron chi connectivity index (χ2n) is 11.0. The van der Waals surface area contributed by atoms with E-state index in [1.54, 1.807) is 63.2 Å². The van der Waals surface area contributed by atoms with E-state index >= 15 is 0 Å². The van der Waals surface area contributed by atoms with Crippen molar-refractivity contribution in [1.29, 1.82) is 0 Å². The molecule has 0 spiro atoms. The topological polar surface area (TPSA) is 79.7 Å². The maximum atomic E-state index is 13.6. The first-order valence-electron chi connectivity index (χ1n) is 13.4. The first-order valence-corrected chi connectivity index (χ1v) is 13.4. The van der Waals surface area contributed by atoms with Crippen molar-refractivity contribution in [2.75, 3.05) is 6.61 Å². The Bertz CT molecular complexity index is 1620. The first-order chi connectivity index (χ1) is 19.9. The van der Waals surface area contributed by atoms with E-state index in [2.05, 4.69) is 5.10 Å². The zero-order chi connectivity index (χ0) is 30.1. The van der Waals surface area contributed by atoms with Gasteiger partial charge in [0, 0.05) is 24.5 Å². The predicted molar refractivity (Wildman–Crippen MR) is 148 cm³/mol. The van der Waals surface area contributed by atoms with Crippen molar-refractivity contribution in [3.63, 3.8) is 0 Å². The van der Waals surface area contributed by atoms with Gasteiger partial charge in [0.1, 0.15) is 18.0 Å². The normalized spacial score (nSPS) is 12.9. The van der Waals surface area contributed by atoms with Crippen LogP contribution in [-0.2, 0) is 30.4 Å². The number of nitrogens with zero attached hydrogens (tertiary/aromatic N) is 2. The minimum atomic E-state index is -4.71. The molecule has 0 saturated heterocycles. The number of benzene rings is 3. The van der Waals surface area contributed by atoms with E-state index in [1.807, 2.05) is 18.2 Å². The lowest BCUT2D eigenvalue weighted by Gasteiger charge is -2.19. The predicted octanol–water partition coefficient (Wildman–Crippen LogP) is 6.79. The summed E-state index contributed by atoms with van der Waals surface area (Å²) in [6, 6.07) is 19.1. The Kier molecular flexibility index (Phi) is 7.81. The fourth-order valence-electron chi connectivity index (χ4n) is 4.44. The number of ether oxygens (including phenoxy) is 3. The summed E-state index contributed by atoms with van der Waals surface area (Å²) in [7, 11) is 0. The van der Waals surface area contributed by atoms with Crippen LogP contribution in [0.15, 0.2) is 72.8 Å². The fraction of sp³-hybridized carbons (Fsp3) is 0.281. The molecule has 0 N–H and O–H groups in total. The number of rotatable bonds is 8. The second kappa shape index (κ2) is 11.3. The highest BCUT2D eigenvalue weighted by atomic mass is 19.4. The fourth-order valence-corrected chi connectivity index (χ4v) is 4.44. The molecule has 2 heterocycles. The number of halogens is 3. The van der Waals surface area contributed by atoms with E-state index in [0.29, 0.717) is 23.3 Å². The molecule has 3 aromatic carbocycles. The maximum absolute atomic E-state index is 13.6. The molecule has 0 saturated carbocycles. The second-order valence-corrected chi connectivity index (χ2v) is 11.0. The number of Topliss-reactive ketones (excluding diaryl/α,β-unsaturated/α-hetero) is 1. The Hall–Kier alpha value is -4.60. The van der Waals surface area contributed by atoms with Gasteiger partial charge in [-0.3, -0.25) is 4.79 Å². The van der Waals surface area contributed by atoms with Crippen LogP contribution in [0.4, 0.5) is 13.2 Å². The molecule has 0 bridgehead atoms. The van der Waals surface area contributed by atoms with Gasteiger partial charge in [0.15, 0.2) is 11.5 Å². The lowest BCUT2D eigenvalue weighted by atomic mass is 10.0. The summed E-state index contributed by atoms with van der Waals surface area (Å²) in [4.78, 5) is 25.4. The van der Waals surface area contributed by atoms with Crippen LogP contribution in [0.25, 0.3) is 5.69 Å². The highest BCUT2D eigenvalue weighted by molar-refractivity contribution is 5.98. The minimum absolute atomic E-state index is 0.0867. The Morgan fingerprint density at radius 3 is 2.38 bits per heavy atom. The van der Waals surface area contributed by atoms with Crippen LogP contribution in [0.3, 0.4) is 0 Å². The summed E-state index contributed by atoms with van der Waals surface area (Å²) in [6.07, 6.45) is -3.77. The molecule has 0 fully saturated rings. The minimum Gasteiger partial charge on any atom is -0.493 e. The summed E-state index contributed by atoms with van der Waals surface area (Å²) < 4.78 is 58.5. The van der Waals surface area contributed by atoms with Gasteiger partial charge < -0.3 is 14.2 Å². The van der Waals surface area contributed by atoms with Crippen molar-refractivity contribution in [2.45, 2.75) is 52.0 Å². The Labute approximate surface area is 240 Å². The summed E-state index contributed by atoms with van der Waals surface area (Å²) in [5, 5.41) is 3.74. The van der Waals surface area contributed by atoms with E-state index in [0.717, 1.165) is 34.0 Å². The number of carbonyl (C=O) groups excluding carboxylic acids is 2. The number of alkyl halides is 3. The van der Waals surface area contributed by atoms with Gasteiger partial charge in [0.05, 0.1) is 17.9 Å². The molecule has 4 aromatic rings. The first kappa shape index (κ1) is 28.9. The quantitative estimate of drug-likeness (QED) is 0.169. The van der Waals surface area contributed by atoms with Crippen LogP contribution in [0.5, 0.6) is 11.6 Å². The van der Waals surface area contributed by atoms with Crippen LogP contribution < -0.4 is 9.47 Å². The lowest BCUT2D eigenvalue weighted by Crippen LogP contribution is -2.23. The van der Waals surface area contributed by atoms with Crippen LogP contribution in [0.2, 0.25) is 0 Å². The van der Waals surface area contributed by atoms with Crippen LogP contribution in [0.1, 0.15) is 63.9 Å². The molecule has 0 unspecified atom stereocenters. The number of hydrogen-bond acceptors (Lipinski definition) is 6. The zero-order valence-corrected chi connectivity index (χ0v) is 23.3. The highest BCUT2D eigenvalue weighted by Gasteiger charge is 2.35. The van der Waals surface area contributed by atoms with Gasteiger partial charge in [0.25, 0.3) is 0 Å². The zero-order valence-electron chi connectivity index (χ0n) is 23.3. The average Bonchev–Trinajstić information content (AvgIpc) is 3.58. The SMILES string of the molecule is CC(C)(C)OC(=O)c1ccc(COc2cc(C(F)(F)F)nn2-c2cccc(C(=O)Cc3ccc4c(c3)OCC4)c2)cc1. The van der Waals surface area contributed by atoms with E-state index in [9.17, 15) is 22.8 Å². The molecule has 1 aromatic heterocycles. The van der Waals surface area contributed by atoms with E-state index in [4.69, 9.17) is 14.2 Å². The van der Waals surface area contributed by atoms with Gasteiger partial charge in [-0.1, -0.05) is 36.4 Å². The number of esters is 1. The van der Waals surface area contributed by atoms with Crippen molar-refractivity contribution in [3.8, 4) is 17.3 Å². The molecule has 0 amide bonds. The number of aromatic nitrogens is 2. The molecule has 7 nitrogen and oxygen atoms in total. The molecule has 0 aliphatic carbocycles. The van der Waals surface area contributed by atoms with E-state index in [1.165, 1.54) is 6.07 Å². The van der Waals surface area contributed by atoms with Crippen LogP contribution >= 0.6 is 0 Å². The molecule has 0 radical (unpaired) electrons. The number of hydrogen-bond donors (Lipinski definition) is 0. The van der Waals surface area contributed by atoms with Crippen molar-refractivity contribution >= 4 is 11.8 Å². The third-order valence-corrected chi connectivity index (χ3v) is 6.48. The van der Waals surface area contributed by atoms with Crippen molar-refractivity contribution < 1.29 is 37.0 Å². The molecular formula is C32H29F3N2O5. The van der Waals surface area contributed by atoms with Crippen LogP contribution in [0, 0.1) is 0 Å². The van der Waals surface area contributed by atoms with Crippen LogP contribution in [-0.4, -0.2) is 33.7 Å². The molecular weight excluding hydrogens is 549 g/mol. The standard InChI is InChI=1S/C32H29F3N2O5/c1-31(2,3)42-30(39)23-11-7-20(8-12-23)19-41-29-18-28(32(33,34)35)36-37(29)25-6-4-5-24(17-25)26(38)15-21-9-10-22-13-14-40-27(22)16-21/h4-12,16-18H,13-15,19H2,1-3H3. The molecule has 218 valence electrons.